The molecule has 23 heavy (non-hydrogen) atoms. The van der Waals surface area contributed by atoms with Crippen LogP contribution in [0.15, 0.2) is 22.4 Å². The Kier molecular flexibility index (Phi) is 4.87. The van der Waals surface area contributed by atoms with E-state index < -0.39 is 0 Å². The molecule has 3 rings (SSSR count). The Hall–Kier alpha value is -2.00. The number of rotatable bonds is 6. The number of thiophene rings is 1. The van der Waals surface area contributed by atoms with Crippen molar-refractivity contribution in [3.63, 3.8) is 0 Å². The number of hydrogen-bond acceptors (Lipinski definition) is 7. The van der Waals surface area contributed by atoms with Gasteiger partial charge in [-0.1, -0.05) is 19.4 Å². The van der Waals surface area contributed by atoms with Crippen molar-refractivity contribution < 1.29 is 9.59 Å². The first-order valence-electron chi connectivity index (χ1n) is 7.23. The van der Waals surface area contributed by atoms with Gasteiger partial charge < -0.3 is 0 Å². The number of carbonyl (C=O) groups is 2. The molecule has 0 N–H and O–H groups in total. The molecule has 3 heterocycles. The lowest BCUT2D eigenvalue weighted by atomic mass is 10.3. The van der Waals surface area contributed by atoms with Gasteiger partial charge in [0.1, 0.15) is 0 Å². The van der Waals surface area contributed by atoms with Crippen LogP contribution in [0.4, 0.5) is 4.79 Å². The normalized spacial score (nSPS) is 16.7. The van der Waals surface area contributed by atoms with Crippen molar-refractivity contribution in [2.24, 2.45) is 0 Å². The predicted octanol–water partition coefficient (Wildman–Crippen LogP) is 2.77. The van der Waals surface area contributed by atoms with E-state index >= 15 is 0 Å². The van der Waals surface area contributed by atoms with Crippen molar-refractivity contribution >= 4 is 40.3 Å². The third-order valence-corrected chi connectivity index (χ3v) is 5.05. The van der Waals surface area contributed by atoms with E-state index in [4.69, 9.17) is 0 Å². The summed E-state index contributed by atoms with van der Waals surface area (Å²) in [6, 6.07) is 3.81. The van der Waals surface area contributed by atoms with Crippen molar-refractivity contribution in [1.29, 1.82) is 0 Å². The minimum Gasteiger partial charge on any atom is -0.268 e. The number of carbonyl (C=O) groups excluding carboxylic acids is 2. The summed E-state index contributed by atoms with van der Waals surface area (Å²) in [5.74, 6) is 0.233. The van der Waals surface area contributed by atoms with E-state index in [2.05, 4.69) is 22.4 Å². The maximum atomic E-state index is 12.4. The van der Waals surface area contributed by atoms with Crippen LogP contribution in [0.1, 0.15) is 30.5 Å². The molecular weight excluding hydrogens is 334 g/mol. The van der Waals surface area contributed by atoms with E-state index in [9.17, 15) is 9.59 Å². The van der Waals surface area contributed by atoms with Gasteiger partial charge in [0.2, 0.25) is 0 Å². The van der Waals surface area contributed by atoms with Crippen molar-refractivity contribution in [3.05, 3.63) is 33.1 Å². The fourth-order valence-corrected chi connectivity index (χ4v) is 3.66. The summed E-state index contributed by atoms with van der Waals surface area (Å²) in [5.41, 5.74) is 0. The van der Waals surface area contributed by atoms with Crippen molar-refractivity contribution in [3.8, 4) is 0 Å². The molecule has 0 atom stereocenters. The molecule has 1 saturated heterocycles. The molecule has 0 radical (unpaired) electrons. The van der Waals surface area contributed by atoms with Gasteiger partial charge in [0, 0.05) is 11.4 Å². The molecule has 2 amide bonds. The molecule has 7 nitrogen and oxygen atoms in total. The molecule has 2 aromatic heterocycles. The summed E-state index contributed by atoms with van der Waals surface area (Å²) in [7, 11) is 0. The van der Waals surface area contributed by atoms with Gasteiger partial charge in [-0.2, -0.15) is 0 Å². The summed E-state index contributed by atoms with van der Waals surface area (Å²) < 4.78 is 1.65. The van der Waals surface area contributed by atoms with Crippen molar-refractivity contribution in [2.75, 3.05) is 0 Å². The first-order chi connectivity index (χ1) is 11.2. The van der Waals surface area contributed by atoms with Crippen LogP contribution in [0.2, 0.25) is 0 Å². The molecule has 0 bridgehead atoms. The van der Waals surface area contributed by atoms with E-state index in [0.717, 1.165) is 29.5 Å². The monoisotopic (exact) mass is 349 g/mol. The molecule has 0 unspecified atom stereocenters. The number of nitrogens with zero attached hydrogens (tertiary/aromatic N) is 5. The quantitative estimate of drug-likeness (QED) is 0.746. The Morgan fingerprint density at radius 2 is 2.22 bits per heavy atom. The first-order valence-corrected chi connectivity index (χ1v) is 8.92. The van der Waals surface area contributed by atoms with E-state index in [1.807, 2.05) is 17.5 Å². The second-order valence-electron chi connectivity index (χ2n) is 4.96. The van der Waals surface area contributed by atoms with Crippen LogP contribution in [0.25, 0.3) is 6.08 Å². The van der Waals surface area contributed by atoms with Crippen LogP contribution >= 0.6 is 23.1 Å². The number of amides is 2. The Morgan fingerprint density at radius 1 is 1.35 bits per heavy atom. The number of aryl methyl sites for hydroxylation is 1. The highest BCUT2D eigenvalue weighted by molar-refractivity contribution is 8.18. The number of unbranched alkanes of at least 4 members (excludes halogenated alkanes) is 1. The number of tetrazole rings is 1. The van der Waals surface area contributed by atoms with Crippen LogP contribution in [-0.4, -0.2) is 36.3 Å². The van der Waals surface area contributed by atoms with Gasteiger partial charge in [-0.05, 0) is 46.1 Å². The van der Waals surface area contributed by atoms with Gasteiger partial charge in [-0.3, -0.25) is 14.5 Å². The van der Waals surface area contributed by atoms with Gasteiger partial charge in [0.05, 0.1) is 11.4 Å². The molecule has 1 fully saturated rings. The summed E-state index contributed by atoms with van der Waals surface area (Å²) in [5, 5.41) is 13.1. The Morgan fingerprint density at radius 3 is 2.96 bits per heavy atom. The standard InChI is InChI=1S/C14H15N5O2S2/c1-2-3-6-19-12(15-16-17-19)9-18-13(20)11(23-14(18)21)8-10-5-4-7-22-10/h4-5,7-8H,2-3,6,9H2,1H3/b11-8-. The smallest absolute Gasteiger partial charge is 0.268 e. The minimum atomic E-state index is -0.293. The van der Waals surface area contributed by atoms with Gasteiger partial charge >= 0.3 is 0 Å². The number of thioether (sulfide) groups is 1. The largest absolute Gasteiger partial charge is 0.293 e. The van der Waals surface area contributed by atoms with Gasteiger partial charge in [0.25, 0.3) is 11.1 Å². The zero-order valence-electron chi connectivity index (χ0n) is 12.5. The topological polar surface area (TPSA) is 81.0 Å². The highest BCUT2D eigenvalue weighted by Crippen LogP contribution is 2.33. The van der Waals surface area contributed by atoms with Gasteiger partial charge in [-0.25, -0.2) is 4.68 Å². The zero-order chi connectivity index (χ0) is 16.2. The summed E-state index contributed by atoms with van der Waals surface area (Å²) in [6.45, 7) is 2.86. The molecule has 0 aromatic carbocycles. The number of imide groups is 1. The first kappa shape index (κ1) is 15.9. The van der Waals surface area contributed by atoms with Crippen LogP contribution in [0.3, 0.4) is 0 Å². The third-order valence-electron chi connectivity index (χ3n) is 3.32. The second-order valence-corrected chi connectivity index (χ2v) is 6.93. The molecule has 1 aliphatic rings. The van der Waals surface area contributed by atoms with Crippen LogP contribution in [0.5, 0.6) is 0 Å². The summed E-state index contributed by atoms with van der Waals surface area (Å²) in [6.07, 6.45) is 3.71. The molecule has 9 heteroatoms. The molecule has 0 spiro atoms. The molecule has 0 aliphatic carbocycles. The average molecular weight is 349 g/mol. The fourth-order valence-electron chi connectivity index (χ4n) is 2.10. The fraction of sp³-hybridized carbons (Fsp3) is 0.357. The van der Waals surface area contributed by atoms with E-state index in [0.29, 0.717) is 17.3 Å². The Balaban J connectivity index is 1.75. The van der Waals surface area contributed by atoms with Crippen LogP contribution in [-0.2, 0) is 17.9 Å². The lowest BCUT2D eigenvalue weighted by Crippen LogP contribution is -2.29. The van der Waals surface area contributed by atoms with E-state index in [1.54, 1.807) is 10.8 Å². The summed E-state index contributed by atoms with van der Waals surface area (Å²) in [4.78, 5) is 27.1. The minimum absolute atomic E-state index is 0.100. The number of aromatic nitrogens is 4. The maximum Gasteiger partial charge on any atom is 0.293 e. The SMILES string of the molecule is CCCCn1nnnc1CN1C(=O)S/C(=C\c2cccs2)C1=O. The molecular formula is C14H15N5O2S2. The van der Waals surface area contributed by atoms with Crippen molar-refractivity contribution in [2.45, 2.75) is 32.9 Å². The van der Waals surface area contributed by atoms with Gasteiger partial charge in [-0.15, -0.1) is 16.4 Å². The lowest BCUT2D eigenvalue weighted by Gasteiger charge is -2.11. The molecule has 1 aliphatic heterocycles. The van der Waals surface area contributed by atoms with Crippen LogP contribution in [0, 0.1) is 0 Å². The molecule has 0 saturated carbocycles. The highest BCUT2D eigenvalue weighted by atomic mass is 32.2. The van der Waals surface area contributed by atoms with E-state index in [-0.39, 0.29) is 17.7 Å². The Labute approximate surface area is 141 Å². The third kappa shape index (κ3) is 3.50. The second kappa shape index (κ2) is 7.05. The maximum absolute atomic E-state index is 12.4. The summed E-state index contributed by atoms with van der Waals surface area (Å²) >= 11 is 2.48. The molecule has 2 aromatic rings. The lowest BCUT2D eigenvalue weighted by molar-refractivity contribution is -0.123. The highest BCUT2D eigenvalue weighted by Gasteiger charge is 2.36. The van der Waals surface area contributed by atoms with Crippen LogP contribution < -0.4 is 0 Å². The van der Waals surface area contributed by atoms with E-state index in [1.165, 1.54) is 16.2 Å². The van der Waals surface area contributed by atoms with Gasteiger partial charge in [0.15, 0.2) is 5.82 Å². The predicted molar refractivity (Wildman–Crippen MR) is 88.6 cm³/mol. The average Bonchev–Trinajstić information content (AvgIpc) is 3.25. The molecule has 120 valence electrons. The van der Waals surface area contributed by atoms with Crippen molar-refractivity contribution in [1.82, 2.24) is 25.1 Å². The zero-order valence-corrected chi connectivity index (χ0v) is 14.1. The Bertz CT molecular complexity index is 738. The number of hydrogen-bond donors (Lipinski definition) is 0.